The lowest BCUT2D eigenvalue weighted by atomic mass is 10.1. The lowest BCUT2D eigenvalue weighted by Crippen LogP contribution is -2.05. The highest BCUT2D eigenvalue weighted by Gasteiger charge is 2.31. The lowest BCUT2D eigenvalue weighted by Gasteiger charge is -2.11. The van der Waals surface area contributed by atoms with Gasteiger partial charge in [-0.3, -0.25) is 0 Å². The third-order valence-corrected chi connectivity index (χ3v) is 2.24. The van der Waals surface area contributed by atoms with E-state index in [1.165, 1.54) is 7.11 Å². The fourth-order valence-corrected chi connectivity index (χ4v) is 1.24. The standard InChI is InChI=1S/C9H8ClF3O.C2H6/c1-5-7(10)3-6(9(11,12)13)4-8(5)14-2;1-2/h3-4H,1-2H3;1-2H3. The number of alkyl halides is 3. The minimum Gasteiger partial charge on any atom is -0.496 e. The van der Waals surface area contributed by atoms with Crippen LogP contribution in [0.4, 0.5) is 13.2 Å². The second-order valence-electron chi connectivity index (χ2n) is 2.78. The van der Waals surface area contributed by atoms with Crippen LogP contribution in [0.15, 0.2) is 12.1 Å². The minimum atomic E-state index is -4.40. The van der Waals surface area contributed by atoms with E-state index in [9.17, 15) is 13.2 Å². The van der Waals surface area contributed by atoms with Crippen molar-refractivity contribution in [1.82, 2.24) is 0 Å². The topological polar surface area (TPSA) is 9.23 Å². The molecule has 0 fully saturated rings. The van der Waals surface area contributed by atoms with E-state index in [4.69, 9.17) is 16.3 Å². The normalized spacial score (nSPS) is 10.5. The predicted molar refractivity (Wildman–Crippen MR) is 59.1 cm³/mol. The first-order chi connectivity index (χ1) is 7.36. The number of ether oxygens (including phenoxy) is 1. The van der Waals surface area contributed by atoms with Crippen LogP contribution in [-0.2, 0) is 6.18 Å². The van der Waals surface area contributed by atoms with E-state index in [2.05, 4.69) is 0 Å². The number of hydrogen-bond donors (Lipinski definition) is 0. The molecule has 0 unspecified atom stereocenters. The van der Waals surface area contributed by atoms with Gasteiger partial charge >= 0.3 is 6.18 Å². The molecule has 92 valence electrons. The first-order valence-corrected chi connectivity index (χ1v) is 5.15. The zero-order valence-electron chi connectivity index (χ0n) is 9.57. The van der Waals surface area contributed by atoms with E-state index in [1.54, 1.807) is 6.92 Å². The van der Waals surface area contributed by atoms with Crippen LogP contribution in [0.3, 0.4) is 0 Å². The van der Waals surface area contributed by atoms with Crippen LogP contribution >= 0.6 is 11.6 Å². The molecule has 0 aliphatic heterocycles. The fraction of sp³-hybridized carbons (Fsp3) is 0.455. The molecular formula is C11H14ClF3O. The average Bonchev–Trinajstić information content (AvgIpc) is 2.23. The van der Waals surface area contributed by atoms with Gasteiger partial charge in [0.15, 0.2) is 0 Å². The summed E-state index contributed by atoms with van der Waals surface area (Å²) in [6, 6.07) is 1.82. The molecule has 0 saturated heterocycles. The van der Waals surface area contributed by atoms with Crippen LogP contribution in [0.5, 0.6) is 5.75 Å². The Balaban J connectivity index is 0.00000106. The molecule has 0 atom stereocenters. The van der Waals surface area contributed by atoms with Gasteiger partial charge in [0.25, 0.3) is 0 Å². The Bertz CT molecular complexity index is 348. The third-order valence-electron chi connectivity index (χ3n) is 1.84. The highest BCUT2D eigenvalue weighted by atomic mass is 35.5. The molecule has 1 aromatic carbocycles. The third kappa shape index (κ3) is 3.59. The van der Waals surface area contributed by atoms with Crippen LogP contribution in [0.2, 0.25) is 5.02 Å². The molecule has 0 aliphatic carbocycles. The van der Waals surface area contributed by atoms with E-state index in [0.29, 0.717) is 5.56 Å². The van der Waals surface area contributed by atoms with Gasteiger partial charge in [-0.2, -0.15) is 13.2 Å². The summed E-state index contributed by atoms with van der Waals surface area (Å²) in [6.45, 7) is 5.60. The molecule has 5 heteroatoms. The summed E-state index contributed by atoms with van der Waals surface area (Å²) in [5.74, 6) is 0.143. The Morgan fingerprint density at radius 3 is 2.06 bits per heavy atom. The Labute approximate surface area is 98.2 Å². The summed E-state index contributed by atoms with van der Waals surface area (Å²) in [6.07, 6.45) is -4.40. The molecule has 0 spiro atoms. The minimum absolute atomic E-state index is 0.0525. The fourth-order valence-electron chi connectivity index (χ4n) is 1.03. The van der Waals surface area contributed by atoms with Gasteiger partial charge in [0, 0.05) is 10.6 Å². The highest BCUT2D eigenvalue weighted by Crippen LogP contribution is 2.36. The summed E-state index contributed by atoms with van der Waals surface area (Å²) >= 11 is 5.62. The summed E-state index contributed by atoms with van der Waals surface area (Å²) in [5, 5.41) is 0.0525. The molecule has 0 heterocycles. The molecule has 0 aliphatic rings. The summed E-state index contributed by atoms with van der Waals surface area (Å²) in [4.78, 5) is 0. The van der Waals surface area contributed by atoms with Crippen molar-refractivity contribution >= 4 is 11.6 Å². The van der Waals surface area contributed by atoms with Gasteiger partial charge < -0.3 is 4.74 Å². The molecule has 0 saturated carbocycles. The van der Waals surface area contributed by atoms with Crippen molar-refractivity contribution in [3.63, 3.8) is 0 Å². The van der Waals surface area contributed by atoms with Gasteiger partial charge in [0.05, 0.1) is 12.7 Å². The van der Waals surface area contributed by atoms with Gasteiger partial charge in [-0.05, 0) is 19.1 Å². The first-order valence-electron chi connectivity index (χ1n) is 4.77. The lowest BCUT2D eigenvalue weighted by molar-refractivity contribution is -0.137. The molecule has 1 aromatic rings. The van der Waals surface area contributed by atoms with Crippen LogP contribution in [-0.4, -0.2) is 7.11 Å². The Kier molecular flexibility index (Phi) is 5.65. The van der Waals surface area contributed by atoms with E-state index < -0.39 is 11.7 Å². The SMILES string of the molecule is CC.COc1cc(C(F)(F)F)cc(Cl)c1C. The van der Waals surface area contributed by atoms with Crippen LogP contribution in [0.25, 0.3) is 0 Å². The van der Waals surface area contributed by atoms with Crippen LogP contribution in [0.1, 0.15) is 25.0 Å². The van der Waals surface area contributed by atoms with Gasteiger partial charge in [-0.25, -0.2) is 0 Å². The maximum Gasteiger partial charge on any atom is 0.416 e. The quantitative estimate of drug-likeness (QED) is 0.706. The maximum atomic E-state index is 12.3. The Hall–Kier alpha value is -0.900. The monoisotopic (exact) mass is 254 g/mol. The second-order valence-corrected chi connectivity index (χ2v) is 3.19. The average molecular weight is 255 g/mol. The van der Waals surface area contributed by atoms with Crippen molar-refractivity contribution in [1.29, 1.82) is 0 Å². The zero-order valence-corrected chi connectivity index (χ0v) is 10.3. The summed E-state index contributed by atoms with van der Waals surface area (Å²) < 4.78 is 41.7. The molecule has 1 nitrogen and oxygen atoms in total. The molecular weight excluding hydrogens is 241 g/mol. The number of benzene rings is 1. The Morgan fingerprint density at radius 1 is 1.19 bits per heavy atom. The molecule has 16 heavy (non-hydrogen) atoms. The Morgan fingerprint density at radius 2 is 1.69 bits per heavy atom. The van der Waals surface area contributed by atoms with Gasteiger partial charge in [-0.15, -0.1) is 0 Å². The molecule has 0 bridgehead atoms. The van der Waals surface area contributed by atoms with E-state index in [0.717, 1.165) is 12.1 Å². The van der Waals surface area contributed by atoms with Crippen LogP contribution in [0, 0.1) is 6.92 Å². The number of hydrogen-bond acceptors (Lipinski definition) is 1. The summed E-state index contributed by atoms with van der Waals surface area (Å²) in [5.41, 5.74) is -0.299. The first kappa shape index (κ1) is 15.1. The van der Waals surface area contributed by atoms with Crippen molar-refractivity contribution in [3.8, 4) is 5.75 Å². The zero-order chi connectivity index (χ0) is 12.9. The smallest absolute Gasteiger partial charge is 0.416 e. The number of halogens is 4. The van der Waals surface area contributed by atoms with Crippen molar-refractivity contribution in [3.05, 3.63) is 28.3 Å². The van der Waals surface area contributed by atoms with Crippen molar-refractivity contribution in [2.24, 2.45) is 0 Å². The summed E-state index contributed by atoms with van der Waals surface area (Å²) in [7, 11) is 1.30. The van der Waals surface area contributed by atoms with Crippen molar-refractivity contribution in [2.75, 3.05) is 7.11 Å². The molecule has 0 aromatic heterocycles. The van der Waals surface area contributed by atoms with Gasteiger partial charge in [0.2, 0.25) is 0 Å². The predicted octanol–water partition coefficient (Wildman–Crippen LogP) is 4.70. The van der Waals surface area contributed by atoms with Gasteiger partial charge in [0.1, 0.15) is 5.75 Å². The number of methoxy groups -OCH3 is 1. The number of rotatable bonds is 1. The second kappa shape index (κ2) is 5.99. The van der Waals surface area contributed by atoms with Crippen LogP contribution < -0.4 is 4.74 Å². The maximum absolute atomic E-state index is 12.3. The van der Waals surface area contributed by atoms with E-state index in [-0.39, 0.29) is 10.8 Å². The van der Waals surface area contributed by atoms with Crippen molar-refractivity contribution in [2.45, 2.75) is 26.9 Å². The molecule has 1 rings (SSSR count). The van der Waals surface area contributed by atoms with E-state index in [1.807, 2.05) is 13.8 Å². The van der Waals surface area contributed by atoms with E-state index >= 15 is 0 Å². The highest BCUT2D eigenvalue weighted by molar-refractivity contribution is 6.31. The molecule has 0 amide bonds. The molecule has 0 radical (unpaired) electrons. The largest absolute Gasteiger partial charge is 0.496 e. The van der Waals surface area contributed by atoms with Crippen molar-refractivity contribution < 1.29 is 17.9 Å². The van der Waals surface area contributed by atoms with Gasteiger partial charge in [-0.1, -0.05) is 25.4 Å². The molecule has 0 N–H and O–H groups in total.